The van der Waals surface area contributed by atoms with Crippen LogP contribution in [0.25, 0.3) is 0 Å². The maximum Gasteiger partial charge on any atom is 0.330 e. The van der Waals surface area contributed by atoms with Crippen LogP contribution in [-0.4, -0.2) is 35.7 Å². The molecule has 2 heterocycles. The van der Waals surface area contributed by atoms with Crippen LogP contribution in [0.2, 0.25) is 10.0 Å². The first-order chi connectivity index (χ1) is 12.6. The average molecular weight is 415 g/mol. The monoisotopic (exact) mass is 414 g/mol. The van der Waals surface area contributed by atoms with Crippen LogP contribution in [0.15, 0.2) is 29.9 Å². The van der Waals surface area contributed by atoms with Crippen molar-refractivity contribution in [2.45, 2.75) is 25.7 Å². The minimum Gasteiger partial charge on any atom is -0.492 e. The van der Waals surface area contributed by atoms with Gasteiger partial charge in [-0.3, -0.25) is 4.98 Å². The number of piperidine rings is 1. The van der Waals surface area contributed by atoms with Gasteiger partial charge in [0.2, 0.25) is 0 Å². The van der Waals surface area contributed by atoms with E-state index < -0.39 is 0 Å². The Bertz CT molecular complexity index is 719. The standard InChI is InChI=1S/C18H20Cl2N2O3S/c19-15-2-1-3-16(18(15)20)24-9-6-13-4-7-22(8-5-13)25-17(23)10-14-11-21-12-26-14/h1-3,11-13H,4-10H2. The molecule has 3 rings (SSSR count). The third-order valence-electron chi connectivity index (χ3n) is 4.31. The summed E-state index contributed by atoms with van der Waals surface area (Å²) in [6.45, 7) is 2.09. The Balaban J connectivity index is 1.34. The molecule has 0 saturated carbocycles. The Hall–Kier alpha value is -1.34. The molecule has 1 fully saturated rings. The largest absolute Gasteiger partial charge is 0.492 e. The molecule has 0 aliphatic carbocycles. The van der Waals surface area contributed by atoms with Crippen LogP contribution in [0.3, 0.4) is 0 Å². The van der Waals surface area contributed by atoms with Gasteiger partial charge in [-0.15, -0.1) is 16.4 Å². The van der Waals surface area contributed by atoms with Gasteiger partial charge >= 0.3 is 5.97 Å². The van der Waals surface area contributed by atoms with Crippen LogP contribution in [0.4, 0.5) is 0 Å². The Labute approximate surface area is 166 Å². The van der Waals surface area contributed by atoms with Crippen LogP contribution in [0, 0.1) is 5.92 Å². The summed E-state index contributed by atoms with van der Waals surface area (Å²) < 4.78 is 5.75. The Morgan fingerprint density at radius 3 is 2.85 bits per heavy atom. The molecule has 140 valence electrons. The fraction of sp³-hybridized carbons (Fsp3) is 0.444. The highest BCUT2D eigenvalue weighted by molar-refractivity contribution is 7.09. The molecule has 0 amide bonds. The lowest BCUT2D eigenvalue weighted by Gasteiger charge is -2.30. The maximum atomic E-state index is 11.9. The lowest BCUT2D eigenvalue weighted by Crippen LogP contribution is -2.36. The van der Waals surface area contributed by atoms with Crippen LogP contribution in [0.1, 0.15) is 24.1 Å². The summed E-state index contributed by atoms with van der Waals surface area (Å²) in [5.41, 5.74) is 1.72. The topological polar surface area (TPSA) is 51.7 Å². The van der Waals surface area contributed by atoms with Crippen molar-refractivity contribution in [3.8, 4) is 5.75 Å². The van der Waals surface area contributed by atoms with Crippen LogP contribution in [0.5, 0.6) is 5.75 Å². The number of nitrogens with zero attached hydrogens (tertiary/aromatic N) is 2. The van der Waals surface area contributed by atoms with Crippen molar-refractivity contribution in [1.82, 2.24) is 10.0 Å². The number of benzene rings is 1. The molecule has 0 spiro atoms. The second-order valence-electron chi connectivity index (χ2n) is 6.17. The van der Waals surface area contributed by atoms with E-state index in [1.54, 1.807) is 22.8 Å². The summed E-state index contributed by atoms with van der Waals surface area (Å²) in [6, 6.07) is 5.38. The molecule has 8 heteroatoms. The molecule has 1 aromatic carbocycles. The van der Waals surface area contributed by atoms with E-state index in [1.165, 1.54) is 11.3 Å². The van der Waals surface area contributed by atoms with Gasteiger partial charge in [-0.05, 0) is 37.3 Å². The number of carbonyl (C=O) groups is 1. The third kappa shape index (κ3) is 5.58. The van der Waals surface area contributed by atoms with Gasteiger partial charge in [-0.2, -0.15) is 0 Å². The Morgan fingerprint density at radius 2 is 2.12 bits per heavy atom. The van der Waals surface area contributed by atoms with Gasteiger partial charge < -0.3 is 9.57 Å². The molecule has 5 nitrogen and oxygen atoms in total. The number of hydrogen-bond acceptors (Lipinski definition) is 6. The highest BCUT2D eigenvalue weighted by atomic mass is 35.5. The molecule has 1 aromatic heterocycles. The molecule has 0 radical (unpaired) electrons. The van der Waals surface area contributed by atoms with Gasteiger partial charge in [-0.1, -0.05) is 29.3 Å². The second-order valence-corrected chi connectivity index (χ2v) is 7.93. The number of thiazole rings is 1. The first-order valence-electron chi connectivity index (χ1n) is 8.51. The lowest BCUT2D eigenvalue weighted by atomic mass is 9.95. The summed E-state index contributed by atoms with van der Waals surface area (Å²) in [5.74, 6) is 0.935. The predicted octanol–water partition coefficient (Wildman–Crippen LogP) is 4.63. The number of carbonyl (C=O) groups excluding carboxylic acids is 1. The van der Waals surface area contributed by atoms with Crippen LogP contribution < -0.4 is 4.74 Å². The van der Waals surface area contributed by atoms with E-state index in [1.807, 2.05) is 12.1 Å². The van der Waals surface area contributed by atoms with E-state index in [-0.39, 0.29) is 12.4 Å². The van der Waals surface area contributed by atoms with Crippen molar-refractivity contribution in [1.29, 1.82) is 0 Å². The van der Waals surface area contributed by atoms with Crippen molar-refractivity contribution in [3.63, 3.8) is 0 Å². The van der Waals surface area contributed by atoms with E-state index in [4.69, 9.17) is 32.8 Å². The summed E-state index contributed by atoms with van der Waals surface area (Å²) in [7, 11) is 0. The molecule has 0 N–H and O–H groups in total. The second kappa shape index (κ2) is 9.55. The quantitative estimate of drug-likeness (QED) is 0.660. The molecule has 1 aliphatic rings. The fourth-order valence-electron chi connectivity index (χ4n) is 2.87. The fourth-order valence-corrected chi connectivity index (χ4v) is 3.79. The summed E-state index contributed by atoms with van der Waals surface area (Å²) in [4.78, 5) is 22.2. The van der Waals surface area contributed by atoms with E-state index >= 15 is 0 Å². The van der Waals surface area contributed by atoms with Crippen molar-refractivity contribution in [2.75, 3.05) is 19.7 Å². The van der Waals surface area contributed by atoms with Crippen LogP contribution >= 0.6 is 34.5 Å². The number of ether oxygens (including phenoxy) is 1. The number of halogens is 2. The number of aromatic nitrogens is 1. The number of hydroxylamine groups is 2. The molecular formula is C18H20Cl2N2O3S. The van der Waals surface area contributed by atoms with E-state index in [0.29, 0.717) is 28.3 Å². The normalized spacial score (nSPS) is 15.8. The van der Waals surface area contributed by atoms with Gasteiger partial charge in [0.1, 0.15) is 10.8 Å². The minimum atomic E-state index is -0.230. The van der Waals surface area contributed by atoms with Crippen molar-refractivity contribution >= 4 is 40.5 Å². The average Bonchev–Trinajstić information content (AvgIpc) is 3.13. The highest BCUT2D eigenvalue weighted by Crippen LogP contribution is 2.32. The third-order valence-corrected chi connectivity index (χ3v) is 5.89. The maximum absolute atomic E-state index is 11.9. The SMILES string of the molecule is O=C(Cc1cncs1)ON1CCC(CCOc2cccc(Cl)c2Cl)CC1. The summed E-state index contributed by atoms with van der Waals surface area (Å²) >= 11 is 13.6. The summed E-state index contributed by atoms with van der Waals surface area (Å²) in [5, 5.41) is 2.71. The summed E-state index contributed by atoms with van der Waals surface area (Å²) in [6.07, 6.45) is 4.86. The lowest BCUT2D eigenvalue weighted by molar-refractivity contribution is -0.195. The Kier molecular flexibility index (Phi) is 7.14. The van der Waals surface area contributed by atoms with Gasteiger partial charge in [0.25, 0.3) is 0 Å². The first-order valence-corrected chi connectivity index (χ1v) is 10.2. The molecule has 26 heavy (non-hydrogen) atoms. The smallest absolute Gasteiger partial charge is 0.330 e. The molecule has 0 unspecified atom stereocenters. The first kappa shape index (κ1) is 19.4. The Morgan fingerprint density at radius 1 is 1.31 bits per heavy atom. The molecule has 1 aliphatic heterocycles. The molecule has 1 saturated heterocycles. The zero-order valence-corrected chi connectivity index (χ0v) is 16.5. The zero-order valence-electron chi connectivity index (χ0n) is 14.2. The van der Waals surface area contributed by atoms with Crippen molar-refractivity contribution in [3.05, 3.63) is 44.8 Å². The van der Waals surface area contributed by atoms with Crippen molar-refractivity contribution < 1.29 is 14.4 Å². The highest BCUT2D eigenvalue weighted by Gasteiger charge is 2.22. The van der Waals surface area contributed by atoms with E-state index in [0.717, 1.165) is 37.2 Å². The predicted molar refractivity (Wildman–Crippen MR) is 103 cm³/mol. The van der Waals surface area contributed by atoms with Gasteiger partial charge in [0.15, 0.2) is 0 Å². The van der Waals surface area contributed by atoms with Gasteiger partial charge in [0, 0.05) is 24.2 Å². The zero-order chi connectivity index (χ0) is 18.4. The minimum absolute atomic E-state index is 0.230. The molecule has 0 atom stereocenters. The van der Waals surface area contributed by atoms with Gasteiger partial charge in [-0.25, -0.2) is 4.79 Å². The number of rotatable bonds is 7. The van der Waals surface area contributed by atoms with Gasteiger partial charge in [0.05, 0.1) is 23.6 Å². The molecule has 2 aromatic rings. The molecular weight excluding hydrogens is 395 g/mol. The van der Waals surface area contributed by atoms with E-state index in [2.05, 4.69) is 4.98 Å². The number of hydrogen-bond donors (Lipinski definition) is 0. The van der Waals surface area contributed by atoms with Crippen LogP contribution in [-0.2, 0) is 16.1 Å². The van der Waals surface area contributed by atoms with E-state index in [9.17, 15) is 4.79 Å². The molecule has 0 bridgehead atoms. The van der Waals surface area contributed by atoms with Crippen molar-refractivity contribution in [2.24, 2.45) is 5.92 Å².